The van der Waals surface area contributed by atoms with Crippen LogP contribution in [0.1, 0.15) is 48.0 Å². The van der Waals surface area contributed by atoms with Crippen LogP contribution in [0, 0.1) is 5.92 Å². The molecule has 1 aliphatic carbocycles. The molecule has 0 bridgehead atoms. The van der Waals surface area contributed by atoms with Gasteiger partial charge < -0.3 is 19.9 Å². The molecule has 150 valence electrons. The van der Waals surface area contributed by atoms with Gasteiger partial charge in [0.1, 0.15) is 31.2 Å². The van der Waals surface area contributed by atoms with Crippen molar-refractivity contribution in [2.45, 2.75) is 46.1 Å². The van der Waals surface area contributed by atoms with Crippen molar-refractivity contribution >= 4 is 28.2 Å². The second-order valence-electron chi connectivity index (χ2n) is 8.10. The number of ether oxygens (including phenoxy) is 1. The van der Waals surface area contributed by atoms with E-state index in [1.807, 2.05) is 13.8 Å². The fourth-order valence-corrected chi connectivity index (χ4v) is 5.50. The molecule has 1 aliphatic heterocycles. The molecule has 3 rings (SSSR count). The van der Waals surface area contributed by atoms with Crippen molar-refractivity contribution in [2.24, 2.45) is 5.92 Å². The average Bonchev–Trinajstić information content (AvgIpc) is 2.98. The molecule has 1 aromatic rings. The first-order chi connectivity index (χ1) is 12.9. The molecule has 1 fully saturated rings. The van der Waals surface area contributed by atoms with Crippen LogP contribution in [0.25, 0.3) is 0 Å². The van der Waals surface area contributed by atoms with Crippen LogP contribution in [0.4, 0.5) is 5.00 Å². The number of nitrogens with one attached hydrogen (secondary N) is 3. The molecule has 2 heterocycles. The van der Waals surface area contributed by atoms with Gasteiger partial charge in [0.15, 0.2) is 6.04 Å². The van der Waals surface area contributed by atoms with E-state index in [0.717, 1.165) is 51.0 Å². The van der Waals surface area contributed by atoms with Gasteiger partial charge in [0, 0.05) is 4.88 Å². The Bertz CT molecular complexity index is 695. The van der Waals surface area contributed by atoms with Crippen molar-refractivity contribution in [3.05, 3.63) is 16.0 Å². The summed E-state index contributed by atoms with van der Waals surface area (Å²) in [5.41, 5.74) is 1.69. The highest BCUT2D eigenvalue weighted by molar-refractivity contribution is 7.17. The minimum Gasteiger partial charge on any atom is -0.462 e. The molecule has 2 aliphatic rings. The monoisotopic (exact) mass is 395 g/mol. The van der Waals surface area contributed by atoms with Gasteiger partial charge in [-0.25, -0.2) is 4.79 Å². The number of hydrogen-bond acceptors (Lipinski definition) is 4. The van der Waals surface area contributed by atoms with Crippen molar-refractivity contribution in [2.75, 3.05) is 45.2 Å². The zero-order chi connectivity index (χ0) is 19.6. The fourth-order valence-electron chi connectivity index (χ4n) is 4.09. The molecule has 0 saturated carbocycles. The van der Waals surface area contributed by atoms with Crippen molar-refractivity contribution in [1.29, 1.82) is 0 Å². The number of carbonyl (C=O) groups excluding carboxylic acids is 2. The lowest BCUT2D eigenvalue weighted by molar-refractivity contribution is -1.01. The van der Waals surface area contributed by atoms with Crippen LogP contribution in [0.2, 0.25) is 0 Å². The van der Waals surface area contributed by atoms with Gasteiger partial charge >= 0.3 is 5.97 Å². The van der Waals surface area contributed by atoms with E-state index in [-0.39, 0.29) is 17.9 Å². The largest absolute Gasteiger partial charge is 0.462 e. The first-order valence-electron chi connectivity index (χ1n) is 10.2. The normalized spacial score (nSPS) is 26.1. The van der Waals surface area contributed by atoms with Gasteiger partial charge in [-0.15, -0.1) is 11.3 Å². The summed E-state index contributed by atoms with van der Waals surface area (Å²) >= 11 is 1.57. The molecule has 3 N–H and O–H groups in total. The van der Waals surface area contributed by atoms with Crippen molar-refractivity contribution in [3.8, 4) is 0 Å². The molecule has 0 unspecified atom stereocenters. The molecule has 0 spiro atoms. The Labute approximate surface area is 165 Å². The molecular formula is C20H33N3O3S+2. The van der Waals surface area contributed by atoms with Gasteiger partial charge in [-0.2, -0.15) is 0 Å². The molecular weight excluding hydrogens is 362 g/mol. The standard InChI is InChI=1S/C20H31N3O3S/c1-5-26-20(25)17-15-7-6-13(2)12-16(15)27-19(17)21-18(24)14(3)23-10-8-22(4)9-11-23/h13-14H,5-12H2,1-4H3,(H,21,24)/p+2/t13-,14-/m1/s1. The molecule has 1 amide bonds. The number of piperazine rings is 1. The Morgan fingerprint density at radius 2 is 2.00 bits per heavy atom. The molecule has 1 aromatic heterocycles. The lowest BCUT2D eigenvalue weighted by Gasteiger charge is -2.30. The number of thiophene rings is 1. The summed E-state index contributed by atoms with van der Waals surface area (Å²) < 4.78 is 5.30. The highest BCUT2D eigenvalue weighted by Crippen LogP contribution is 2.40. The Morgan fingerprint density at radius 3 is 2.67 bits per heavy atom. The zero-order valence-electron chi connectivity index (χ0n) is 16.9. The van der Waals surface area contributed by atoms with Gasteiger partial charge in [-0.1, -0.05) is 6.92 Å². The second kappa shape index (κ2) is 8.71. The SMILES string of the molecule is CCOC(=O)c1c(NC(=O)[C@@H](C)[NH+]2CC[NH+](C)CC2)sc2c1CC[C@@H](C)C2. The summed E-state index contributed by atoms with van der Waals surface area (Å²) in [6.45, 7) is 10.6. The molecule has 1 saturated heterocycles. The van der Waals surface area contributed by atoms with Crippen LogP contribution in [0.3, 0.4) is 0 Å². The summed E-state index contributed by atoms with van der Waals surface area (Å²) in [5, 5.41) is 3.77. The van der Waals surface area contributed by atoms with Crippen LogP contribution >= 0.6 is 11.3 Å². The first kappa shape index (κ1) is 20.3. The van der Waals surface area contributed by atoms with E-state index < -0.39 is 0 Å². The number of esters is 1. The highest BCUT2D eigenvalue weighted by Gasteiger charge is 2.33. The van der Waals surface area contributed by atoms with E-state index in [4.69, 9.17) is 4.74 Å². The predicted molar refractivity (Wildman–Crippen MR) is 107 cm³/mol. The Balaban J connectivity index is 1.79. The number of fused-ring (bicyclic) bond motifs is 1. The topological polar surface area (TPSA) is 64.3 Å². The number of hydrogen-bond donors (Lipinski definition) is 3. The summed E-state index contributed by atoms with van der Waals surface area (Å²) in [6.07, 6.45) is 2.94. The lowest BCUT2D eigenvalue weighted by Crippen LogP contribution is -3.29. The van der Waals surface area contributed by atoms with Crippen molar-refractivity contribution in [1.82, 2.24) is 0 Å². The Hall–Kier alpha value is -1.44. The molecule has 7 heteroatoms. The molecule has 27 heavy (non-hydrogen) atoms. The molecule has 0 aromatic carbocycles. The number of carbonyl (C=O) groups is 2. The molecule has 2 atom stereocenters. The van der Waals surface area contributed by atoms with Gasteiger partial charge in [0.25, 0.3) is 5.91 Å². The van der Waals surface area contributed by atoms with E-state index in [1.54, 1.807) is 11.3 Å². The Kier molecular flexibility index (Phi) is 6.55. The lowest BCUT2D eigenvalue weighted by atomic mass is 9.88. The summed E-state index contributed by atoms with van der Waals surface area (Å²) in [4.78, 5) is 29.6. The van der Waals surface area contributed by atoms with Crippen molar-refractivity contribution in [3.63, 3.8) is 0 Å². The van der Waals surface area contributed by atoms with Crippen LogP contribution in [-0.4, -0.2) is 57.8 Å². The van der Waals surface area contributed by atoms with Crippen LogP contribution in [-0.2, 0) is 22.4 Å². The smallest absolute Gasteiger partial charge is 0.341 e. The molecule has 0 radical (unpaired) electrons. The first-order valence-corrected chi connectivity index (χ1v) is 11.0. The van der Waals surface area contributed by atoms with E-state index in [0.29, 0.717) is 23.1 Å². The number of amides is 1. The highest BCUT2D eigenvalue weighted by atomic mass is 32.1. The van der Waals surface area contributed by atoms with Crippen molar-refractivity contribution < 1.29 is 24.1 Å². The zero-order valence-corrected chi connectivity index (χ0v) is 17.8. The minimum atomic E-state index is -0.303. The number of quaternary nitrogens is 2. The third-order valence-corrected chi connectivity index (χ3v) is 7.15. The van der Waals surface area contributed by atoms with E-state index in [9.17, 15) is 9.59 Å². The van der Waals surface area contributed by atoms with Gasteiger partial charge in [0.2, 0.25) is 0 Å². The summed E-state index contributed by atoms with van der Waals surface area (Å²) in [5.74, 6) is 0.316. The number of likely N-dealkylation sites (N-methyl/N-ethyl adjacent to an activating group) is 1. The molecule has 6 nitrogen and oxygen atoms in total. The van der Waals surface area contributed by atoms with Crippen LogP contribution in [0.5, 0.6) is 0 Å². The second-order valence-corrected chi connectivity index (χ2v) is 9.21. The quantitative estimate of drug-likeness (QED) is 0.605. The number of anilines is 1. The average molecular weight is 396 g/mol. The maximum Gasteiger partial charge on any atom is 0.341 e. The summed E-state index contributed by atoms with van der Waals surface area (Å²) in [7, 11) is 2.20. The van der Waals surface area contributed by atoms with Crippen LogP contribution < -0.4 is 15.1 Å². The van der Waals surface area contributed by atoms with Gasteiger partial charge in [-0.05, 0) is 44.6 Å². The fraction of sp³-hybridized carbons (Fsp3) is 0.700. The van der Waals surface area contributed by atoms with E-state index >= 15 is 0 Å². The van der Waals surface area contributed by atoms with E-state index in [1.165, 1.54) is 14.7 Å². The number of rotatable bonds is 5. The predicted octanol–water partition coefficient (Wildman–Crippen LogP) is -0.210. The van der Waals surface area contributed by atoms with Crippen LogP contribution in [0.15, 0.2) is 0 Å². The summed E-state index contributed by atoms with van der Waals surface area (Å²) in [6, 6.07) is -0.119. The van der Waals surface area contributed by atoms with Gasteiger partial charge in [-0.3, -0.25) is 4.79 Å². The minimum absolute atomic E-state index is 0.00162. The van der Waals surface area contributed by atoms with E-state index in [2.05, 4.69) is 19.3 Å². The van der Waals surface area contributed by atoms with Gasteiger partial charge in [0.05, 0.1) is 19.2 Å². The Morgan fingerprint density at radius 1 is 1.30 bits per heavy atom. The third kappa shape index (κ3) is 4.52. The third-order valence-electron chi connectivity index (χ3n) is 5.98. The maximum atomic E-state index is 12.9. The maximum absolute atomic E-state index is 12.9.